The normalized spacial score (nSPS) is 25.5. The van der Waals surface area contributed by atoms with Crippen molar-refractivity contribution in [2.45, 2.75) is 32.2 Å². The Labute approximate surface area is 116 Å². The number of nitrogens with one attached hydrogen (secondary N) is 1. The van der Waals surface area contributed by atoms with E-state index in [0.29, 0.717) is 12.6 Å². The fourth-order valence-electron chi connectivity index (χ4n) is 2.83. The van der Waals surface area contributed by atoms with Crippen LogP contribution in [-0.2, 0) is 9.53 Å². The van der Waals surface area contributed by atoms with E-state index in [4.69, 9.17) is 4.74 Å². The van der Waals surface area contributed by atoms with Crippen molar-refractivity contribution in [1.29, 1.82) is 0 Å². The van der Waals surface area contributed by atoms with E-state index in [1.807, 2.05) is 4.90 Å². The van der Waals surface area contributed by atoms with Crippen LogP contribution in [0.15, 0.2) is 0 Å². The molecule has 0 aromatic rings. The summed E-state index contributed by atoms with van der Waals surface area (Å²) in [6.45, 7) is 9.16. The SMILES string of the molecule is CC1CCCCN1C(=O)CNCCN1CCOCC1. The van der Waals surface area contributed by atoms with Crippen molar-refractivity contribution in [1.82, 2.24) is 15.1 Å². The van der Waals surface area contributed by atoms with Crippen molar-refractivity contribution >= 4 is 5.91 Å². The molecule has 0 spiro atoms. The number of likely N-dealkylation sites (tertiary alicyclic amines) is 1. The number of amides is 1. The van der Waals surface area contributed by atoms with Crippen LogP contribution < -0.4 is 5.32 Å². The third-order valence-corrected chi connectivity index (χ3v) is 4.11. The van der Waals surface area contributed by atoms with E-state index >= 15 is 0 Å². The summed E-state index contributed by atoms with van der Waals surface area (Å²) in [6.07, 6.45) is 3.57. The van der Waals surface area contributed by atoms with Crippen LogP contribution >= 0.6 is 0 Å². The second-order valence-electron chi connectivity index (χ2n) is 5.56. The van der Waals surface area contributed by atoms with Crippen LogP contribution in [0.25, 0.3) is 0 Å². The number of piperidine rings is 1. The summed E-state index contributed by atoms with van der Waals surface area (Å²) in [4.78, 5) is 16.5. The molecule has 5 nitrogen and oxygen atoms in total. The summed E-state index contributed by atoms with van der Waals surface area (Å²) in [7, 11) is 0. The predicted octanol–water partition coefficient (Wildman–Crippen LogP) is 0.309. The average Bonchev–Trinajstić information content (AvgIpc) is 2.45. The lowest BCUT2D eigenvalue weighted by Crippen LogP contribution is -2.47. The number of nitrogens with zero attached hydrogens (tertiary/aromatic N) is 2. The first-order chi connectivity index (χ1) is 9.27. The summed E-state index contributed by atoms with van der Waals surface area (Å²) in [6, 6.07) is 0.419. The van der Waals surface area contributed by atoms with E-state index in [2.05, 4.69) is 17.1 Å². The highest BCUT2D eigenvalue weighted by Gasteiger charge is 2.22. The number of ether oxygens (including phenoxy) is 1. The molecule has 1 N–H and O–H groups in total. The van der Waals surface area contributed by atoms with E-state index in [-0.39, 0.29) is 5.91 Å². The molecule has 2 aliphatic rings. The van der Waals surface area contributed by atoms with Gasteiger partial charge in [0, 0.05) is 38.8 Å². The molecule has 0 aromatic heterocycles. The van der Waals surface area contributed by atoms with Crippen molar-refractivity contribution in [3.8, 4) is 0 Å². The van der Waals surface area contributed by atoms with Gasteiger partial charge in [-0.3, -0.25) is 9.69 Å². The topological polar surface area (TPSA) is 44.8 Å². The van der Waals surface area contributed by atoms with Gasteiger partial charge < -0.3 is 15.0 Å². The molecule has 0 saturated carbocycles. The quantitative estimate of drug-likeness (QED) is 0.730. The summed E-state index contributed by atoms with van der Waals surface area (Å²) < 4.78 is 5.31. The number of carbonyl (C=O) groups excluding carboxylic acids is 1. The molecule has 2 saturated heterocycles. The van der Waals surface area contributed by atoms with Crippen LogP contribution in [0.1, 0.15) is 26.2 Å². The van der Waals surface area contributed by atoms with Gasteiger partial charge in [-0.15, -0.1) is 0 Å². The Morgan fingerprint density at radius 2 is 2.05 bits per heavy atom. The Kier molecular flexibility index (Phi) is 6.07. The smallest absolute Gasteiger partial charge is 0.236 e. The molecule has 5 heteroatoms. The summed E-state index contributed by atoms with van der Waals surface area (Å²) in [5, 5.41) is 3.28. The van der Waals surface area contributed by atoms with Gasteiger partial charge in [-0.2, -0.15) is 0 Å². The molecule has 2 rings (SSSR count). The molecule has 2 heterocycles. The number of hydrogen-bond acceptors (Lipinski definition) is 4. The first kappa shape index (κ1) is 14.8. The molecule has 110 valence electrons. The lowest BCUT2D eigenvalue weighted by molar-refractivity contribution is -0.133. The molecule has 1 unspecified atom stereocenters. The third kappa shape index (κ3) is 4.75. The molecule has 2 fully saturated rings. The Morgan fingerprint density at radius 3 is 2.79 bits per heavy atom. The maximum Gasteiger partial charge on any atom is 0.236 e. The lowest BCUT2D eigenvalue weighted by atomic mass is 10.0. The maximum absolute atomic E-state index is 12.1. The Bertz CT molecular complexity index is 280. The Balaban J connectivity index is 1.58. The minimum Gasteiger partial charge on any atom is -0.379 e. The second kappa shape index (κ2) is 7.82. The molecular weight excluding hydrogens is 242 g/mol. The van der Waals surface area contributed by atoms with Gasteiger partial charge in [-0.05, 0) is 26.2 Å². The molecule has 19 heavy (non-hydrogen) atoms. The minimum atomic E-state index is 0.258. The number of morpholine rings is 1. The zero-order valence-electron chi connectivity index (χ0n) is 12.1. The minimum absolute atomic E-state index is 0.258. The van der Waals surface area contributed by atoms with Crippen LogP contribution in [0.3, 0.4) is 0 Å². The first-order valence-electron chi connectivity index (χ1n) is 7.57. The summed E-state index contributed by atoms with van der Waals surface area (Å²) in [5.41, 5.74) is 0. The summed E-state index contributed by atoms with van der Waals surface area (Å²) >= 11 is 0. The highest BCUT2D eigenvalue weighted by molar-refractivity contribution is 5.78. The maximum atomic E-state index is 12.1. The van der Waals surface area contributed by atoms with E-state index < -0.39 is 0 Å². The first-order valence-corrected chi connectivity index (χ1v) is 7.57. The molecule has 1 atom stereocenters. The van der Waals surface area contributed by atoms with Gasteiger partial charge >= 0.3 is 0 Å². The second-order valence-corrected chi connectivity index (χ2v) is 5.56. The van der Waals surface area contributed by atoms with Crippen molar-refractivity contribution in [3.05, 3.63) is 0 Å². The van der Waals surface area contributed by atoms with Crippen LogP contribution in [0.2, 0.25) is 0 Å². The van der Waals surface area contributed by atoms with Crippen LogP contribution in [0.5, 0.6) is 0 Å². The molecule has 1 amide bonds. The van der Waals surface area contributed by atoms with Crippen LogP contribution in [0.4, 0.5) is 0 Å². The monoisotopic (exact) mass is 269 g/mol. The van der Waals surface area contributed by atoms with Gasteiger partial charge in [0.15, 0.2) is 0 Å². The predicted molar refractivity (Wildman–Crippen MR) is 75.2 cm³/mol. The third-order valence-electron chi connectivity index (χ3n) is 4.11. The van der Waals surface area contributed by atoms with Crippen LogP contribution in [-0.4, -0.2) is 74.2 Å². The summed E-state index contributed by atoms with van der Waals surface area (Å²) in [5.74, 6) is 0.258. The van der Waals surface area contributed by atoms with Gasteiger partial charge in [0.05, 0.1) is 19.8 Å². The van der Waals surface area contributed by atoms with Gasteiger partial charge in [0.2, 0.25) is 5.91 Å². The van der Waals surface area contributed by atoms with Gasteiger partial charge in [0.25, 0.3) is 0 Å². The molecule has 0 bridgehead atoms. The van der Waals surface area contributed by atoms with Crippen molar-refractivity contribution in [2.75, 3.05) is 52.5 Å². The van der Waals surface area contributed by atoms with Gasteiger partial charge in [-0.1, -0.05) is 0 Å². The van der Waals surface area contributed by atoms with Gasteiger partial charge in [0.1, 0.15) is 0 Å². The highest BCUT2D eigenvalue weighted by atomic mass is 16.5. The largest absolute Gasteiger partial charge is 0.379 e. The van der Waals surface area contributed by atoms with Gasteiger partial charge in [-0.25, -0.2) is 0 Å². The average molecular weight is 269 g/mol. The van der Waals surface area contributed by atoms with E-state index in [1.165, 1.54) is 6.42 Å². The van der Waals surface area contributed by atoms with E-state index in [1.54, 1.807) is 0 Å². The lowest BCUT2D eigenvalue weighted by Gasteiger charge is -2.33. The standard InChI is InChI=1S/C14H27N3O2/c1-13-4-2-3-6-17(13)14(18)12-15-5-7-16-8-10-19-11-9-16/h13,15H,2-12H2,1H3. The Morgan fingerprint density at radius 1 is 1.26 bits per heavy atom. The van der Waals surface area contributed by atoms with Crippen molar-refractivity contribution < 1.29 is 9.53 Å². The molecule has 0 aromatic carbocycles. The number of rotatable bonds is 5. The molecule has 0 aliphatic carbocycles. The molecule has 2 aliphatic heterocycles. The number of hydrogen-bond donors (Lipinski definition) is 1. The fraction of sp³-hybridized carbons (Fsp3) is 0.929. The van der Waals surface area contributed by atoms with Crippen molar-refractivity contribution in [2.24, 2.45) is 0 Å². The highest BCUT2D eigenvalue weighted by Crippen LogP contribution is 2.15. The van der Waals surface area contributed by atoms with Crippen molar-refractivity contribution in [3.63, 3.8) is 0 Å². The zero-order chi connectivity index (χ0) is 13.5. The zero-order valence-corrected chi connectivity index (χ0v) is 12.1. The number of carbonyl (C=O) groups is 1. The van der Waals surface area contributed by atoms with Crippen LogP contribution in [0, 0.1) is 0 Å². The fourth-order valence-corrected chi connectivity index (χ4v) is 2.83. The Hall–Kier alpha value is -0.650. The van der Waals surface area contributed by atoms with E-state index in [9.17, 15) is 4.79 Å². The molecular formula is C14H27N3O2. The molecule has 0 radical (unpaired) electrons. The van der Waals surface area contributed by atoms with E-state index in [0.717, 1.165) is 58.8 Å².